The molecule has 0 aliphatic heterocycles. The number of carbonyl (C=O) groups is 5. The molecule has 188 valence electrons. The zero-order valence-corrected chi connectivity index (χ0v) is 19.1. The number of hydrogen-bond acceptors (Lipinski definition) is 7. The second-order valence-corrected chi connectivity index (χ2v) is 7.90. The van der Waals surface area contributed by atoms with E-state index in [0.717, 1.165) is 0 Å². The molecule has 12 heteroatoms. The molecule has 0 aliphatic rings. The summed E-state index contributed by atoms with van der Waals surface area (Å²) in [4.78, 5) is 60.2. The van der Waals surface area contributed by atoms with Crippen molar-refractivity contribution in [1.29, 1.82) is 0 Å². The van der Waals surface area contributed by atoms with Gasteiger partial charge in [0.15, 0.2) is 0 Å². The number of hydrogen-bond donors (Lipinski definition) is 7. The molecule has 12 nitrogen and oxygen atoms in total. The molecule has 1 aromatic carbocycles. The molecule has 0 fully saturated rings. The van der Waals surface area contributed by atoms with E-state index in [1.807, 2.05) is 6.92 Å². The van der Waals surface area contributed by atoms with Gasteiger partial charge in [-0.15, -0.1) is 0 Å². The van der Waals surface area contributed by atoms with Crippen LogP contribution < -0.4 is 21.7 Å². The van der Waals surface area contributed by atoms with Gasteiger partial charge in [-0.3, -0.25) is 19.2 Å². The average Bonchev–Trinajstić information content (AvgIpc) is 2.80. The Hall–Kier alpha value is -3.51. The predicted molar refractivity (Wildman–Crippen MR) is 120 cm³/mol. The SMILES string of the molecule is CCC(C)C(N)C(=O)NC(CC(=O)O)C(=O)NC(CO)C(=O)NC(Cc1ccccc1)C(=O)O. The fraction of sp³-hybridized carbons (Fsp3) is 0.500. The highest BCUT2D eigenvalue weighted by molar-refractivity contribution is 5.95. The van der Waals surface area contributed by atoms with Crippen LogP contribution >= 0.6 is 0 Å². The van der Waals surface area contributed by atoms with Crippen LogP contribution in [-0.4, -0.2) is 75.8 Å². The topological polar surface area (TPSA) is 208 Å². The Morgan fingerprint density at radius 2 is 1.41 bits per heavy atom. The maximum atomic E-state index is 12.6. The Balaban J connectivity index is 2.89. The Labute approximate surface area is 196 Å². The highest BCUT2D eigenvalue weighted by atomic mass is 16.4. The van der Waals surface area contributed by atoms with Gasteiger partial charge in [0.1, 0.15) is 18.1 Å². The quantitative estimate of drug-likeness (QED) is 0.167. The lowest BCUT2D eigenvalue weighted by atomic mass is 9.99. The first kappa shape index (κ1) is 28.5. The molecule has 8 N–H and O–H groups in total. The summed E-state index contributed by atoms with van der Waals surface area (Å²) in [5.41, 5.74) is 6.46. The third-order valence-corrected chi connectivity index (χ3v) is 5.28. The number of carboxylic acids is 2. The summed E-state index contributed by atoms with van der Waals surface area (Å²) in [6.07, 6.45) is -0.263. The number of rotatable bonds is 14. The molecular weight excluding hydrogens is 448 g/mol. The lowest BCUT2D eigenvalue weighted by molar-refractivity contribution is -0.143. The summed E-state index contributed by atoms with van der Waals surface area (Å²) >= 11 is 0. The van der Waals surface area contributed by atoms with E-state index in [1.54, 1.807) is 37.3 Å². The normalized spacial score (nSPS) is 15.2. The van der Waals surface area contributed by atoms with Crippen molar-refractivity contribution in [3.05, 3.63) is 35.9 Å². The first-order chi connectivity index (χ1) is 16.0. The first-order valence-corrected chi connectivity index (χ1v) is 10.8. The van der Waals surface area contributed by atoms with Gasteiger partial charge in [0, 0.05) is 6.42 Å². The smallest absolute Gasteiger partial charge is 0.326 e. The summed E-state index contributed by atoms with van der Waals surface area (Å²) in [5, 5.41) is 34.8. The molecule has 1 aromatic rings. The Morgan fingerprint density at radius 1 is 0.882 bits per heavy atom. The molecule has 0 saturated heterocycles. The van der Waals surface area contributed by atoms with Crippen LogP contribution in [0.5, 0.6) is 0 Å². The second kappa shape index (κ2) is 13.9. The van der Waals surface area contributed by atoms with Crippen LogP contribution in [0.25, 0.3) is 0 Å². The molecule has 5 unspecified atom stereocenters. The number of aliphatic hydroxyl groups is 1. The van der Waals surface area contributed by atoms with Gasteiger partial charge in [-0.25, -0.2) is 4.79 Å². The number of benzene rings is 1. The van der Waals surface area contributed by atoms with Crippen molar-refractivity contribution in [2.24, 2.45) is 11.7 Å². The van der Waals surface area contributed by atoms with E-state index in [2.05, 4.69) is 16.0 Å². The standard InChI is InChI=1S/C22H32N4O8/c1-3-12(2)18(23)21(32)24-14(10-17(28)29)19(30)26-16(11-27)20(31)25-15(22(33)34)9-13-7-5-4-6-8-13/h4-8,12,14-16,18,27H,3,9-11,23H2,1-2H3,(H,24,32)(H,25,31)(H,26,30)(H,28,29)(H,33,34). The van der Waals surface area contributed by atoms with Gasteiger partial charge in [-0.05, 0) is 11.5 Å². The van der Waals surface area contributed by atoms with Gasteiger partial charge in [-0.2, -0.15) is 0 Å². The highest BCUT2D eigenvalue weighted by Gasteiger charge is 2.32. The molecule has 1 rings (SSSR count). The lowest BCUT2D eigenvalue weighted by Crippen LogP contribution is -2.59. The van der Waals surface area contributed by atoms with Gasteiger partial charge in [-0.1, -0.05) is 50.6 Å². The van der Waals surface area contributed by atoms with Crippen molar-refractivity contribution >= 4 is 29.7 Å². The summed E-state index contributed by atoms with van der Waals surface area (Å²) in [7, 11) is 0. The molecule has 5 atom stereocenters. The predicted octanol–water partition coefficient (Wildman–Crippen LogP) is -1.39. The second-order valence-electron chi connectivity index (χ2n) is 7.90. The average molecular weight is 481 g/mol. The maximum Gasteiger partial charge on any atom is 0.326 e. The van der Waals surface area contributed by atoms with Crippen molar-refractivity contribution in [1.82, 2.24) is 16.0 Å². The van der Waals surface area contributed by atoms with Crippen molar-refractivity contribution in [3.8, 4) is 0 Å². The van der Waals surface area contributed by atoms with E-state index in [1.165, 1.54) is 0 Å². The molecule has 0 aromatic heterocycles. The maximum absolute atomic E-state index is 12.6. The van der Waals surface area contributed by atoms with Gasteiger partial charge in [0.25, 0.3) is 0 Å². The number of aliphatic carboxylic acids is 2. The van der Waals surface area contributed by atoms with Gasteiger partial charge in [0.2, 0.25) is 17.7 Å². The Morgan fingerprint density at radius 3 is 1.91 bits per heavy atom. The number of nitrogens with two attached hydrogens (primary N) is 1. The van der Waals surface area contributed by atoms with Crippen LogP contribution in [0.4, 0.5) is 0 Å². The number of aliphatic hydroxyl groups excluding tert-OH is 1. The number of amides is 3. The molecule has 0 aliphatic carbocycles. The van der Waals surface area contributed by atoms with E-state index in [0.29, 0.717) is 12.0 Å². The monoisotopic (exact) mass is 480 g/mol. The number of carbonyl (C=O) groups excluding carboxylic acids is 3. The lowest BCUT2D eigenvalue weighted by Gasteiger charge is -2.24. The minimum Gasteiger partial charge on any atom is -0.481 e. The highest BCUT2D eigenvalue weighted by Crippen LogP contribution is 2.07. The third-order valence-electron chi connectivity index (χ3n) is 5.28. The third kappa shape index (κ3) is 9.16. The number of carboxylic acid groups (broad SMARTS) is 2. The van der Waals surface area contributed by atoms with Crippen LogP contribution in [-0.2, 0) is 30.4 Å². The van der Waals surface area contributed by atoms with E-state index < -0.39 is 66.9 Å². The minimum absolute atomic E-state index is 0.0425. The molecule has 3 amide bonds. The Kier molecular flexibility index (Phi) is 11.7. The van der Waals surface area contributed by atoms with E-state index in [4.69, 9.17) is 10.8 Å². The van der Waals surface area contributed by atoms with Gasteiger partial charge >= 0.3 is 11.9 Å². The number of nitrogens with one attached hydrogen (secondary N) is 3. The largest absolute Gasteiger partial charge is 0.481 e. The minimum atomic E-state index is -1.58. The van der Waals surface area contributed by atoms with Crippen molar-refractivity contribution in [2.75, 3.05) is 6.61 Å². The first-order valence-electron chi connectivity index (χ1n) is 10.8. The van der Waals surface area contributed by atoms with Crippen molar-refractivity contribution < 1.29 is 39.3 Å². The van der Waals surface area contributed by atoms with E-state index >= 15 is 0 Å². The zero-order chi connectivity index (χ0) is 25.8. The zero-order valence-electron chi connectivity index (χ0n) is 19.1. The van der Waals surface area contributed by atoms with E-state index in [-0.39, 0.29) is 12.3 Å². The van der Waals surface area contributed by atoms with E-state index in [9.17, 15) is 34.2 Å². The van der Waals surface area contributed by atoms with Gasteiger partial charge in [0.05, 0.1) is 19.1 Å². The summed E-state index contributed by atoms with van der Waals surface area (Å²) < 4.78 is 0. The fourth-order valence-corrected chi connectivity index (χ4v) is 2.95. The van der Waals surface area contributed by atoms with Gasteiger partial charge < -0.3 is 37.0 Å². The molecular formula is C22H32N4O8. The Bertz CT molecular complexity index is 864. The molecule has 0 heterocycles. The molecule has 0 bridgehead atoms. The van der Waals surface area contributed by atoms with Crippen LogP contribution in [0.2, 0.25) is 0 Å². The summed E-state index contributed by atoms with van der Waals surface area (Å²) in [6.45, 7) is 2.64. The van der Waals surface area contributed by atoms with Crippen LogP contribution in [0.3, 0.4) is 0 Å². The molecule has 0 spiro atoms. The van der Waals surface area contributed by atoms with Crippen molar-refractivity contribution in [3.63, 3.8) is 0 Å². The van der Waals surface area contributed by atoms with Crippen LogP contribution in [0.15, 0.2) is 30.3 Å². The molecule has 0 radical (unpaired) electrons. The van der Waals surface area contributed by atoms with Crippen molar-refractivity contribution in [2.45, 2.75) is 57.3 Å². The summed E-state index contributed by atoms with van der Waals surface area (Å²) in [5.74, 6) is -5.73. The molecule has 0 saturated carbocycles. The van der Waals surface area contributed by atoms with Crippen LogP contribution in [0, 0.1) is 5.92 Å². The van der Waals surface area contributed by atoms with Crippen LogP contribution in [0.1, 0.15) is 32.3 Å². The fourth-order valence-electron chi connectivity index (χ4n) is 2.95. The summed E-state index contributed by atoms with van der Waals surface area (Å²) in [6, 6.07) is 3.03. The molecule has 34 heavy (non-hydrogen) atoms.